The Balaban J connectivity index is 1.62. The third-order valence-electron chi connectivity index (χ3n) is 6.02. The Kier molecular flexibility index (Phi) is 7.35. The molecule has 0 radical (unpaired) electrons. The highest BCUT2D eigenvalue weighted by Crippen LogP contribution is 2.26. The summed E-state index contributed by atoms with van der Waals surface area (Å²) in [4.78, 5) is 26.2. The topological polar surface area (TPSA) is 86.5 Å². The Bertz CT molecular complexity index is 1380. The number of ether oxygens (including phenoxy) is 2. The number of aromatic nitrogens is 2. The van der Waals surface area contributed by atoms with Gasteiger partial charge in [-0.25, -0.2) is 4.79 Å². The highest BCUT2D eigenvalue weighted by Gasteiger charge is 2.26. The number of rotatable bonds is 8. The van der Waals surface area contributed by atoms with Crippen LogP contribution in [0.4, 0.5) is 10.5 Å². The van der Waals surface area contributed by atoms with Gasteiger partial charge in [-0.2, -0.15) is 0 Å². The van der Waals surface area contributed by atoms with Crippen LogP contribution in [0.3, 0.4) is 0 Å². The lowest BCUT2D eigenvalue weighted by molar-refractivity contribution is -0.118. The first kappa shape index (κ1) is 25.3. The molecule has 2 aromatic carbocycles. The molecule has 190 valence electrons. The fourth-order valence-corrected chi connectivity index (χ4v) is 4.40. The van der Waals surface area contributed by atoms with Gasteiger partial charge in [0.2, 0.25) is 5.91 Å². The fourth-order valence-electron chi connectivity index (χ4n) is 4.40. The third-order valence-corrected chi connectivity index (χ3v) is 6.02. The summed E-state index contributed by atoms with van der Waals surface area (Å²) in [5.41, 5.74) is 3.03. The van der Waals surface area contributed by atoms with E-state index in [2.05, 4.69) is 15.2 Å². The van der Waals surface area contributed by atoms with E-state index in [1.807, 2.05) is 72.5 Å². The van der Waals surface area contributed by atoms with Crippen LogP contribution in [0.1, 0.15) is 26.3 Å². The molecule has 2 heterocycles. The van der Waals surface area contributed by atoms with E-state index in [-0.39, 0.29) is 5.91 Å². The average molecular weight is 491 g/mol. The van der Waals surface area contributed by atoms with Crippen molar-refractivity contribution in [3.8, 4) is 0 Å². The summed E-state index contributed by atoms with van der Waals surface area (Å²) in [6.07, 6.45) is 3.66. The van der Waals surface area contributed by atoms with Crippen LogP contribution in [0.15, 0.2) is 60.9 Å². The molecule has 1 atom stereocenters. The summed E-state index contributed by atoms with van der Waals surface area (Å²) in [5.74, 6) is -0.314. The lowest BCUT2D eigenvalue weighted by Crippen LogP contribution is -2.47. The van der Waals surface area contributed by atoms with E-state index >= 15 is 0 Å². The number of carbonyl (C=O) groups excluding carboxylic acids is 2. The molecular weight excluding hydrogens is 456 g/mol. The van der Waals surface area contributed by atoms with Gasteiger partial charge in [-0.15, -0.1) is 0 Å². The van der Waals surface area contributed by atoms with Crippen molar-refractivity contribution in [1.29, 1.82) is 0 Å². The van der Waals surface area contributed by atoms with Crippen molar-refractivity contribution in [2.45, 2.75) is 45.4 Å². The van der Waals surface area contributed by atoms with Crippen LogP contribution in [-0.4, -0.2) is 46.5 Å². The van der Waals surface area contributed by atoms with E-state index in [1.165, 1.54) is 0 Å². The molecule has 2 amide bonds. The minimum Gasteiger partial charge on any atom is -0.444 e. The van der Waals surface area contributed by atoms with Gasteiger partial charge in [-0.05, 0) is 50.6 Å². The first-order valence-electron chi connectivity index (χ1n) is 12.1. The summed E-state index contributed by atoms with van der Waals surface area (Å²) in [6, 6.07) is 14.9. The summed E-state index contributed by atoms with van der Waals surface area (Å²) < 4.78 is 14.8. The minimum atomic E-state index is -0.837. The Morgan fingerprint density at radius 3 is 2.50 bits per heavy atom. The fraction of sp³-hybridized carbons (Fsp3) is 0.357. The Morgan fingerprint density at radius 2 is 1.75 bits per heavy atom. The molecule has 36 heavy (non-hydrogen) atoms. The van der Waals surface area contributed by atoms with Gasteiger partial charge in [-0.1, -0.05) is 24.3 Å². The number of alkyl carbamates (subject to hydrolysis) is 1. The van der Waals surface area contributed by atoms with E-state index in [0.717, 1.165) is 27.4 Å². The number of hydrogen-bond acceptors (Lipinski definition) is 4. The smallest absolute Gasteiger partial charge is 0.408 e. The normalized spacial score (nSPS) is 12.6. The Labute approximate surface area is 211 Å². The first-order valence-corrected chi connectivity index (χ1v) is 12.1. The predicted molar refractivity (Wildman–Crippen MR) is 142 cm³/mol. The second-order valence-corrected chi connectivity index (χ2v) is 9.91. The monoisotopic (exact) mass is 490 g/mol. The van der Waals surface area contributed by atoms with Gasteiger partial charge in [0, 0.05) is 55.8 Å². The molecule has 0 saturated heterocycles. The zero-order valence-corrected chi connectivity index (χ0v) is 21.5. The van der Waals surface area contributed by atoms with E-state index in [4.69, 9.17) is 9.47 Å². The number of methoxy groups -OCH3 is 1. The second kappa shape index (κ2) is 10.5. The predicted octanol–water partition coefficient (Wildman–Crippen LogP) is 4.85. The van der Waals surface area contributed by atoms with Crippen LogP contribution < -0.4 is 10.6 Å². The van der Waals surface area contributed by atoms with E-state index in [9.17, 15) is 9.59 Å². The largest absolute Gasteiger partial charge is 0.444 e. The van der Waals surface area contributed by atoms with Crippen LogP contribution in [0, 0.1) is 0 Å². The number of amides is 2. The van der Waals surface area contributed by atoms with Crippen molar-refractivity contribution in [3.05, 3.63) is 66.5 Å². The van der Waals surface area contributed by atoms with Crippen molar-refractivity contribution < 1.29 is 19.1 Å². The molecule has 0 aliphatic rings. The lowest BCUT2D eigenvalue weighted by Gasteiger charge is -2.23. The molecule has 0 saturated carbocycles. The molecule has 0 unspecified atom stereocenters. The van der Waals surface area contributed by atoms with Crippen LogP contribution in [0.5, 0.6) is 0 Å². The number of aryl methyl sites for hydroxylation is 1. The van der Waals surface area contributed by atoms with Crippen LogP contribution in [0.25, 0.3) is 21.8 Å². The number of anilines is 1. The molecule has 4 aromatic rings. The van der Waals surface area contributed by atoms with Gasteiger partial charge in [0.15, 0.2) is 0 Å². The van der Waals surface area contributed by atoms with Gasteiger partial charge in [0.1, 0.15) is 11.6 Å². The number of nitrogens with one attached hydrogen (secondary N) is 2. The summed E-state index contributed by atoms with van der Waals surface area (Å²) in [7, 11) is 3.64. The molecule has 8 heteroatoms. The maximum atomic E-state index is 13.6. The standard InChI is InChI=1S/C28H34N4O4/c1-28(2,3)36-27(34)30-23(17-19-18-31(4)24-11-7-6-9-20(19)24)26(33)29-22-10-8-12-25-21(22)13-14-32(25)15-16-35-5/h6-14,18,23H,15-17H2,1-5H3,(H,29,33)(H,30,34)/t23-/m0/s1. The Morgan fingerprint density at radius 1 is 1.00 bits per heavy atom. The zero-order valence-electron chi connectivity index (χ0n) is 21.5. The lowest BCUT2D eigenvalue weighted by atomic mass is 10.0. The van der Waals surface area contributed by atoms with Crippen LogP contribution >= 0.6 is 0 Å². The van der Waals surface area contributed by atoms with Crippen molar-refractivity contribution in [2.75, 3.05) is 19.0 Å². The molecule has 0 bridgehead atoms. The molecule has 2 aromatic heterocycles. The highest BCUT2D eigenvalue weighted by molar-refractivity contribution is 6.04. The molecule has 2 N–H and O–H groups in total. The average Bonchev–Trinajstić information content (AvgIpc) is 3.38. The van der Waals surface area contributed by atoms with Crippen molar-refractivity contribution in [1.82, 2.24) is 14.5 Å². The van der Waals surface area contributed by atoms with E-state index in [0.29, 0.717) is 25.3 Å². The number of fused-ring (bicyclic) bond motifs is 2. The van der Waals surface area contributed by atoms with Gasteiger partial charge in [0.05, 0.1) is 17.8 Å². The van der Waals surface area contributed by atoms with Crippen molar-refractivity contribution in [3.63, 3.8) is 0 Å². The first-order chi connectivity index (χ1) is 17.2. The quantitative estimate of drug-likeness (QED) is 0.370. The van der Waals surface area contributed by atoms with Crippen LogP contribution in [0.2, 0.25) is 0 Å². The van der Waals surface area contributed by atoms with Crippen LogP contribution in [-0.2, 0) is 34.3 Å². The zero-order chi connectivity index (χ0) is 25.9. The number of para-hydroxylation sites is 1. The molecule has 0 aliphatic heterocycles. The maximum absolute atomic E-state index is 13.6. The highest BCUT2D eigenvalue weighted by atomic mass is 16.6. The van der Waals surface area contributed by atoms with Crippen molar-refractivity contribution >= 4 is 39.5 Å². The van der Waals surface area contributed by atoms with Gasteiger partial charge < -0.3 is 29.2 Å². The Hall–Kier alpha value is -3.78. The summed E-state index contributed by atoms with van der Waals surface area (Å²) >= 11 is 0. The molecule has 4 rings (SSSR count). The molecule has 0 fully saturated rings. The molecular formula is C28H34N4O4. The SMILES string of the molecule is COCCn1ccc2c(NC(=O)[C@H](Cc3cn(C)c4ccccc34)NC(=O)OC(C)(C)C)cccc21. The number of benzene rings is 2. The molecule has 0 spiro atoms. The number of nitrogens with zero attached hydrogens (tertiary/aromatic N) is 2. The van der Waals surface area contributed by atoms with Gasteiger partial charge in [-0.3, -0.25) is 4.79 Å². The number of carbonyl (C=O) groups is 2. The summed E-state index contributed by atoms with van der Waals surface area (Å²) in [5, 5.41) is 7.79. The number of hydrogen-bond donors (Lipinski definition) is 2. The molecule has 8 nitrogen and oxygen atoms in total. The maximum Gasteiger partial charge on any atom is 0.408 e. The minimum absolute atomic E-state index is 0.314. The summed E-state index contributed by atoms with van der Waals surface area (Å²) in [6.45, 7) is 6.68. The van der Waals surface area contributed by atoms with Gasteiger partial charge in [0.25, 0.3) is 0 Å². The molecule has 0 aliphatic carbocycles. The van der Waals surface area contributed by atoms with E-state index in [1.54, 1.807) is 27.9 Å². The third kappa shape index (κ3) is 5.71. The second-order valence-electron chi connectivity index (χ2n) is 9.91. The van der Waals surface area contributed by atoms with E-state index < -0.39 is 17.7 Å². The van der Waals surface area contributed by atoms with Crippen molar-refractivity contribution in [2.24, 2.45) is 7.05 Å². The van der Waals surface area contributed by atoms with Gasteiger partial charge >= 0.3 is 6.09 Å².